The quantitative estimate of drug-likeness (QED) is 0.273. The molecule has 36 heavy (non-hydrogen) atoms. The van der Waals surface area contributed by atoms with Crippen LogP contribution in [0.1, 0.15) is 26.5 Å². The van der Waals surface area contributed by atoms with Gasteiger partial charge in [-0.1, -0.05) is 32.4 Å². The molecule has 9 nitrogen and oxygen atoms in total. The highest BCUT2D eigenvalue weighted by atomic mass is 35.5. The molecule has 0 saturated heterocycles. The van der Waals surface area contributed by atoms with E-state index in [1.165, 1.54) is 17.4 Å². The third-order valence-electron chi connectivity index (χ3n) is 4.72. The number of thiazole rings is 1. The van der Waals surface area contributed by atoms with Crippen LogP contribution in [0.4, 0.5) is 18.9 Å². The van der Waals surface area contributed by atoms with Crippen molar-refractivity contribution in [3.05, 3.63) is 52.6 Å². The van der Waals surface area contributed by atoms with E-state index in [4.69, 9.17) is 21.4 Å². The van der Waals surface area contributed by atoms with Crippen molar-refractivity contribution < 1.29 is 40.5 Å². The van der Waals surface area contributed by atoms with Gasteiger partial charge in [-0.3, -0.25) is 9.51 Å². The molecule has 0 atom stereocenters. The molecular formula is C20H20ClF3N3O6PS2. The van der Waals surface area contributed by atoms with Gasteiger partial charge >= 0.3 is 23.4 Å². The number of sulfonamides is 1. The Hall–Kier alpha value is -2.06. The number of phosphoric acid groups is 1. The van der Waals surface area contributed by atoms with Crippen molar-refractivity contribution in [2.75, 3.05) is 11.0 Å². The van der Waals surface area contributed by atoms with E-state index in [0.717, 1.165) is 23.4 Å². The summed E-state index contributed by atoms with van der Waals surface area (Å²) >= 11 is 7.56. The Bertz CT molecular complexity index is 1420. The van der Waals surface area contributed by atoms with Crippen molar-refractivity contribution >= 4 is 46.5 Å². The normalized spacial score (nSPS) is 13.1. The molecule has 0 radical (unpaired) electrons. The van der Waals surface area contributed by atoms with E-state index in [9.17, 15) is 26.2 Å². The Kier molecular flexibility index (Phi) is 7.93. The molecule has 1 aromatic carbocycles. The number of aromatic nitrogens is 2. The third kappa shape index (κ3) is 6.43. The Morgan fingerprint density at radius 3 is 2.39 bits per heavy atom. The summed E-state index contributed by atoms with van der Waals surface area (Å²) in [6.07, 6.45) is 1.66. The summed E-state index contributed by atoms with van der Waals surface area (Å²) in [6.45, 7) is 4.45. The summed E-state index contributed by atoms with van der Waals surface area (Å²) in [7, 11) is -11.4. The molecule has 0 aliphatic carbocycles. The van der Waals surface area contributed by atoms with Gasteiger partial charge in [0.15, 0.2) is 0 Å². The van der Waals surface area contributed by atoms with Crippen LogP contribution in [0.3, 0.4) is 0 Å². The average molecular weight is 586 g/mol. The molecule has 196 valence electrons. The smallest absolute Gasteiger partial charge is 0.303 e. The molecular weight excluding hydrogens is 566 g/mol. The molecule has 0 spiro atoms. The number of benzene rings is 1. The second-order valence-electron chi connectivity index (χ2n) is 8.43. The van der Waals surface area contributed by atoms with Gasteiger partial charge in [-0.05, 0) is 30.3 Å². The van der Waals surface area contributed by atoms with Gasteiger partial charge in [0, 0.05) is 33.8 Å². The lowest BCUT2D eigenvalue weighted by Gasteiger charge is -2.25. The monoisotopic (exact) mass is 585 g/mol. The van der Waals surface area contributed by atoms with Crippen LogP contribution in [0.15, 0.2) is 41.9 Å². The van der Waals surface area contributed by atoms with Gasteiger partial charge in [-0.15, -0.1) is 11.3 Å². The van der Waals surface area contributed by atoms with Crippen LogP contribution in [0.25, 0.3) is 21.8 Å². The topological polar surface area (TPSA) is 130 Å². The summed E-state index contributed by atoms with van der Waals surface area (Å²) in [5, 5.41) is 2.16. The first kappa shape index (κ1) is 28.5. The second-order valence-corrected chi connectivity index (χ2v) is 12.8. The lowest BCUT2D eigenvalue weighted by molar-refractivity contribution is -0.0442. The van der Waals surface area contributed by atoms with Crippen molar-refractivity contribution in [3.8, 4) is 21.8 Å². The lowest BCUT2D eigenvalue weighted by Crippen LogP contribution is -2.42. The maximum atomic E-state index is 13.2. The molecule has 0 aliphatic rings. The van der Waals surface area contributed by atoms with Gasteiger partial charge in [-0.2, -0.15) is 21.6 Å². The van der Waals surface area contributed by atoms with Gasteiger partial charge in [0.05, 0.1) is 16.4 Å². The molecule has 3 aromatic rings. The van der Waals surface area contributed by atoms with Gasteiger partial charge in [0.2, 0.25) is 0 Å². The molecule has 0 saturated carbocycles. The summed E-state index contributed by atoms with van der Waals surface area (Å²) < 4.78 is 78.2. The predicted molar refractivity (Wildman–Crippen MR) is 130 cm³/mol. The zero-order valence-corrected chi connectivity index (χ0v) is 22.2. The molecule has 0 aliphatic heterocycles. The van der Waals surface area contributed by atoms with Gasteiger partial charge in [0.1, 0.15) is 11.7 Å². The van der Waals surface area contributed by atoms with Crippen molar-refractivity contribution in [2.24, 2.45) is 0 Å². The fraction of sp³-hybridized carbons (Fsp3) is 0.300. The number of pyridine rings is 1. The van der Waals surface area contributed by atoms with Crippen LogP contribution in [-0.4, -0.2) is 40.4 Å². The van der Waals surface area contributed by atoms with E-state index in [1.807, 2.05) is 26.8 Å². The third-order valence-corrected chi connectivity index (χ3v) is 7.86. The van der Waals surface area contributed by atoms with Gasteiger partial charge in [0.25, 0.3) is 0 Å². The lowest BCUT2D eigenvalue weighted by atomic mass is 9.91. The first-order valence-corrected chi connectivity index (χ1v) is 14.1. The molecule has 2 N–H and O–H groups in total. The summed E-state index contributed by atoms with van der Waals surface area (Å²) in [5.74, 6) is 0. The zero-order chi connectivity index (χ0) is 27.1. The van der Waals surface area contributed by atoms with Crippen LogP contribution in [0.5, 0.6) is 0 Å². The molecule has 0 amide bonds. The van der Waals surface area contributed by atoms with Gasteiger partial charge in [-0.25, -0.2) is 13.9 Å². The highest BCUT2D eigenvalue weighted by Gasteiger charge is 2.51. The highest BCUT2D eigenvalue weighted by molar-refractivity contribution is 7.93. The number of hydrogen-bond acceptors (Lipinski definition) is 7. The van der Waals surface area contributed by atoms with E-state index in [2.05, 4.69) is 14.5 Å². The fourth-order valence-electron chi connectivity index (χ4n) is 2.91. The maximum Gasteiger partial charge on any atom is 0.516 e. The predicted octanol–water partition coefficient (Wildman–Crippen LogP) is 5.55. The van der Waals surface area contributed by atoms with E-state index in [0.29, 0.717) is 16.3 Å². The van der Waals surface area contributed by atoms with Crippen molar-refractivity contribution in [1.29, 1.82) is 0 Å². The van der Waals surface area contributed by atoms with E-state index >= 15 is 0 Å². The van der Waals surface area contributed by atoms with E-state index in [-0.39, 0.29) is 14.7 Å². The largest absolute Gasteiger partial charge is 0.516 e. The Morgan fingerprint density at radius 2 is 1.83 bits per heavy atom. The SMILES string of the molecule is CC(C)(C)c1cc(-c2nc(-c3ccc(N(COP(=O)(O)O)S(=O)(=O)C(F)(F)F)cc3Cl)cs2)ccn1. The number of anilines is 1. The maximum absolute atomic E-state index is 13.2. The van der Waals surface area contributed by atoms with E-state index < -0.39 is 35.8 Å². The number of halogens is 4. The summed E-state index contributed by atoms with van der Waals surface area (Å²) in [5.41, 5.74) is -4.24. The minimum absolute atomic E-state index is 0.145. The summed E-state index contributed by atoms with van der Waals surface area (Å²) in [4.78, 5) is 26.6. The van der Waals surface area contributed by atoms with Crippen LogP contribution >= 0.6 is 30.8 Å². The number of alkyl halides is 3. The van der Waals surface area contributed by atoms with Crippen LogP contribution in [0.2, 0.25) is 5.02 Å². The number of rotatable bonds is 7. The highest BCUT2D eigenvalue weighted by Crippen LogP contribution is 2.40. The molecule has 0 fully saturated rings. The first-order chi connectivity index (χ1) is 16.4. The standard InChI is InChI=1S/C20H20ClF3N3O6PS2/c1-19(2,3)17-8-12(6-7-25-17)18-26-16(10-35-18)14-5-4-13(9-15(14)21)27(11-33-34(28,29)30)36(31,32)20(22,23)24/h4-10H,11H2,1-3H3,(H2,28,29,30). The molecule has 3 rings (SSSR count). The van der Waals surface area contributed by atoms with Crippen molar-refractivity contribution in [3.63, 3.8) is 0 Å². The Morgan fingerprint density at radius 1 is 1.17 bits per heavy atom. The van der Waals surface area contributed by atoms with Gasteiger partial charge < -0.3 is 9.79 Å². The van der Waals surface area contributed by atoms with Crippen LogP contribution in [0, 0.1) is 0 Å². The second kappa shape index (κ2) is 10.0. The van der Waals surface area contributed by atoms with Crippen LogP contribution < -0.4 is 4.31 Å². The molecule has 0 bridgehead atoms. The average Bonchev–Trinajstić information content (AvgIpc) is 3.21. The minimum atomic E-state index is -6.07. The number of hydrogen-bond donors (Lipinski definition) is 2. The van der Waals surface area contributed by atoms with Crippen molar-refractivity contribution in [1.82, 2.24) is 9.97 Å². The van der Waals surface area contributed by atoms with Crippen molar-refractivity contribution in [2.45, 2.75) is 31.7 Å². The fourth-order valence-corrected chi connectivity index (χ4v) is 5.17. The first-order valence-electron chi connectivity index (χ1n) is 9.91. The Balaban J connectivity index is 1.98. The zero-order valence-electron chi connectivity index (χ0n) is 18.9. The number of phosphoric ester groups is 1. The number of nitrogens with zero attached hydrogens (tertiary/aromatic N) is 3. The molecule has 2 aromatic heterocycles. The molecule has 0 unspecified atom stereocenters. The minimum Gasteiger partial charge on any atom is -0.303 e. The molecule has 2 heterocycles. The Labute approximate surface area is 213 Å². The summed E-state index contributed by atoms with van der Waals surface area (Å²) in [6, 6.07) is 6.83. The molecule has 16 heteroatoms. The van der Waals surface area contributed by atoms with E-state index in [1.54, 1.807) is 17.6 Å². The van der Waals surface area contributed by atoms with Crippen LogP contribution in [-0.2, 0) is 24.5 Å².